The summed E-state index contributed by atoms with van der Waals surface area (Å²) in [6, 6.07) is 5.63. The molecular weight excluding hydrogens is 242 g/mol. The molecule has 1 N–H and O–H groups in total. The van der Waals surface area contributed by atoms with Crippen LogP contribution in [0.5, 0.6) is 5.75 Å². The van der Waals surface area contributed by atoms with E-state index in [1.165, 1.54) is 0 Å². The molecule has 0 spiro atoms. The molecule has 1 aliphatic rings. The predicted octanol–water partition coefficient (Wildman–Crippen LogP) is 2.39. The minimum atomic E-state index is 0.0606. The van der Waals surface area contributed by atoms with Crippen LogP contribution in [0.2, 0.25) is 0 Å². The van der Waals surface area contributed by atoms with E-state index in [-0.39, 0.29) is 5.43 Å². The van der Waals surface area contributed by atoms with Crippen molar-refractivity contribution in [2.24, 2.45) is 0 Å². The quantitative estimate of drug-likeness (QED) is 0.920. The van der Waals surface area contributed by atoms with E-state index in [9.17, 15) is 4.79 Å². The number of pyridine rings is 1. The van der Waals surface area contributed by atoms with Crippen LogP contribution in [0.25, 0.3) is 10.9 Å². The lowest BCUT2D eigenvalue weighted by Gasteiger charge is -2.16. The maximum absolute atomic E-state index is 12.4. The Morgan fingerprint density at radius 1 is 1.42 bits per heavy atom. The van der Waals surface area contributed by atoms with Gasteiger partial charge in [-0.15, -0.1) is 0 Å². The fraction of sp³-hybridized carbons (Fsp3) is 0.400. The van der Waals surface area contributed by atoms with Gasteiger partial charge in [0.05, 0.1) is 19.8 Å². The third kappa shape index (κ3) is 2.24. The first kappa shape index (κ1) is 12.2. The van der Waals surface area contributed by atoms with Gasteiger partial charge in [0.2, 0.25) is 0 Å². The second kappa shape index (κ2) is 5.05. The molecule has 2 heterocycles. The van der Waals surface area contributed by atoms with E-state index in [0.717, 1.165) is 35.4 Å². The van der Waals surface area contributed by atoms with Crippen LogP contribution in [0.1, 0.15) is 24.6 Å². The van der Waals surface area contributed by atoms with E-state index in [4.69, 9.17) is 9.47 Å². The number of aromatic nitrogens is 1. The minimum absolute atomic E-state index is 0.0606. The second-order valence-corrected chi connectivity index (χ2v) is 4.77. The van der Waals surface area contributed by atoms with Crippen LogP contribution >= 0.6 is 0 Å². The molecule has 0 saturated heterocycles. The van der Waals surface area contributed by atoms with Crippen molar-refractivity contribution in [2.45, 2.75) is 26.4 Å². The highest BCUT2D eigenvalue weighted by Crippen LogP contribution is 2.21. The Morgan fingerprint density at radius 3 is 3.16 bits per heavy atom. The molecule has 0 saturated carbocycles. The van der Waals surface area contributed by atoms with Crippen molar-refractivity contribution < 1.29 is 9.47 Å². The van der Waals surface area contributed by atoms with Gasteiger partial charge in [-0.2, -0.15) is 0 Å². The number of H-pyrrole nitrogens is 1. The van der Waals surface area contributed by atoms with Crippen LogP contribution in [-0.4, -0.2) is 18.2 Å². The lowest BCUT2D eigenvalue weighted by atomic mass is 10.1. The largest absolute Gasteiger partial charge is 0.494 e. The molecule has 1 aromatic carbocycles. The van der Waals surface area contributed by atoms with Crippen molar-refractivity contribution >= 4 is 10.9 Å². The zero-order valence-electron chi connectivity index (χ0n) is 11.0. The monoisotopic (exact) mass is 259 g/mol. The van der Waals surface area contributed by atoms with Crippen LogP contribution in [0.15, 0.2) is 23.0 Å². The van der Waals surface area contributed by atoms with Crippen molar-refractivity contribution in [3.05, 3.63) is 39.7 Å². The average Bonchev–Trinajstić information content (AvgIpc) is 2.46. The van der Waals surface area contributed by atoms with E-state index >= 15 is 0 Å². The van der Waals surface area contributed by atoms with E-state index in [0.29, 0.717) is 25.2 Å². The molecular formula is C15H17NO3. The molecule has 2 aromatic rings. The average molecular weight is 259 g/mol. The first-order chi connectivity index (χ1) is 9.29. The number of hydrogen-bond donors (Lipinski definition) is 1. The standard InChI is InChI=1S/C15H17NO3/c1-2-6-19-10-3-4-13-11(8-10)15(17)12-9-18-7-5-14(12)16-13/h3-4,8H,2,5-7,9H2,1H3,(H,16,17). The summed E-state index contributed by atoms with van der Waals surface area (Å²) in [6.07, 6.45) is 1.72. The van der Waals surface area contributed by atoms with Gasteiger partial charge in [-0.25, -0.2) is 0 Å². The summed E-state index contributed by atoms with van der Waals surface area (Å²) in [5.41, 5.74) is 2.69. The Bertz CT molecular complexity index is 660. The van der Waals surface area contributed by atoms with E-state index in [2.05, 4.69) is 11.9 Å². The van der Waals surface area contributed by atoms with Gasteiger partial charge < -0.3 is 14.5 Å². The Balaban J connectivity index is 2.12. The van der Waals surface area contributed by atoms with Gasteiger partial charge in [-0.05, 0) is 24.6 Å². The van der Waals surface area contributed by atoms with E-state index in [1.54, 1.807) is 0 Å². The van der Waals surface area contributed by atoms with E-state index < -0.39 is 0 Å². The van der Waals surface area contributed by atoms with Crippen LogP contribution < -0.4 is 10.2 Å². The topological polar surface area (TPSA) is 51.3 Å². The Morgan fingerprint density at radius 2 is 2.32 bits per heavy atom. The maximum Gasteiger partial charge on any atom is 0.195 e. The van der Waals surface area contributed by atoms with Crippen LogP contribution in [-0.2, 0) is 17.8 Å². The number of aromatic amines is 1. The normalized spacial score (nSPS) is 14.4. The van der Waals surface area contributed by atoms with Gasteiger partial charge >= 0.3 is 0 Å². The smallest absolute Gasteiger partial charge is 0.195 e. The molecule has 1 aliphatic heterocycles. The van der Waals surface area contributed by atoms with Crippen molar-refractivity contribution in [2.75, 3.05) is 13.2 Å². The van der Waals surface area contributed by atoms with Crippen molar-refractivity contribution in [3.63, 3.8) is 0 Å². The highest BCUT2D eigenvalue weighted by Gasteiger charge is 2.16. The van der Waals surface area contributed by atoms with Gasteiger partial charge in [-0.1, -0.05) is 6.92 Å². The maximum atomic E-state index is 12.4. The van der Waals surface area contributed by atoms with Crippen molar-refractivity contribution in [3.8, 4) is 5.75 Å². The molecule has 0 unspecified atom stereocenters. The number of fused-ring (bicyclic) bond motifs is 2. The molecule has 4 nitrogen and oxygen atoms in total. The van der Waals surface area contributed by atoms with Crippen LogP contribution in [0.3, 0.4) is 0 Å². The highest BCUT2D eigenvalue weighted by molar-refractivity contribution is 5.81. The third-order valence-corrected chi connectivity index (χ3v) is 3.38. The minimum Gasteiger partial charge on any atom is -0.494 e. The first-order valence-electron chi connectivity index (χ1n) is 6.68. The summed E-state index contributed by atoms with van der Waals surface area (Å²) in [7, 11) is 0. The number of rotatable bonds is 3. The molecule has 19 heavy (non-hydrogen) atoms. The van der Waals surface area contributed by atoms with Gasteiger partial charge in [-0.3, -0.25) is 4.79 Å². The molecule has 4 heteroatoms. The van der Waals surface area contributed by atoms with Gasteiger partial charge in [0, 0.05) is 28.6 Å². The van der Waals surface area contributed by atoms with Crippen LogP contribution in [0, 0.1) is 0 Å². The Kier molecular flexibility index (Phi) is 3.25. The fourth-order valence-electron chi connectivity index (χ4n) is 2.38. The molecule has 3 rings (SSSR count). The first-order valence-corrected chi connectivity index (χ1v) is 6.68. The molecule has 0 fully saturated rings. The molecule has 0 aliphatic carbocycles. The summed E-state index contributed by atoms with van der Waals surface area (Å²) in [6.45, 7) is 3.80. The highest BCUT2D eigenvalue weighted by atomic mass is 16.5. The summed E-state index contributed by atoms with van der Waals surface area (Å²) < 4.78 is 10.9. The van der Waals surface area contributed by atoms with E-state index in [1.807, 2.05) is 18.2 Å². The number of hydrogen-bond acceptors (Lipinski definition) is 3. The van der Waals surface area contributed by atoms with Crippen LogP contribution in [0.4, 0.5) is 0 Å². The lowest BCUT2D eigenvalue weighted by molar-refractivity contribution is 0.109. The van der Waals surface area contributed by atoms with Gasteiger partial charge in [0.25, 0.3) is 0 Å². The van der Waals surface area contributed by atoms with Crippen molar-refractivity contribution in [1.29, 1.82) is 0 Å². The second-order valence-electron chi connectivity index (χ2n) is 4.77. The fourth-order valence-corrected chi connectivity index (χ4v) is 2.38. The zero-order valence-corrected chi connectivity index (χ0v) is 11.0. The molecule has 0 amide bonds. The Labute approximate surface area is 111 Å². The lowest BCUT2D eigenvalue weighted by Crippen LogP contribution is -2.21. The molecule has 0 radical (unpaired) electrons. The SMILES string of the molecule is CCCOc1ccc2[nH]c3c(c(=O)c2c1)COCC3. The summed E-state index contributed by atoms with van der Waals surface area (Å²) >= 11 is 0. The Hall–Kier alpha value is -1.81. The molecule has 0 atom stereocenters. The van der Waals surface area contributed by atoms with Gasteiger partial charge in [0.1, 0.15) is 5.75 Å². The summed E-state index contributed by atoms with van der Waals surface area (Å²) in [4.78, 5) is 15.8. The third-order valence-electron chi connectivity index (χ3n) is 3.38. The molecule has 100 valence electrons. The molecule has 1 aromatic heterocycles. The van der Waals surface area contributed by atoms with Gasteiger partial charge in [0.15, 0.2) is 5.43 Å². The predicted molar refractivity (Wildman–Crippen MR) is 73.7 cm³/mol. The number of benzene rings is 1. The zero-order chi connectivity index (χ0) is 13.2. The number of nitrogens with one attached hydrogen (secondary N) is 1. The van der Waals surface area contributed by atoms with Crippen molar-refractivity contribution in [1.82, 2.24) is 4.98 Å². The molecule has 0 bridgehead atoms. The number of ether oxygens (including phenoxy) is 2. The summed E-state index contributed by atoms with van der Waals surface area (Å²) in [5, 5.41) is 0.679. The summed E-state index contributed by atoms with van der Waals surface area (Å²) in [5.74, 6) is 0.747.